The minimum atomic E-state index is -0.478. The maximum absolute atomic E-state index is 13.0. The van der Waals surface area contributed by atoms with Crippen LogP contribution < -0.4 is 10.6 Å². The molecule has 0 amide bonds. The fourth-order valence-corrected chi connectivity index (χ4v) is 3.23. The zero-order valence-electron chi connectivity index (χ0n) is 13.3. The largest absolute Gasteiger partial charge is 0.381 e. The second-order valence-electron chi connectivity index (χ2n) is 5.78. The van der Waals surface area contributed by atoms with E-state index in [0.717, 1.165) is 35.2 Å². The van der Waals surface area contributed by atoms with Gasteiger partial charge in [0, 0.05) is 31.9 Å². The van der Waals surface area contributed by atoms with Gasteiger partial charge >= 0.3 is 0 Å². The quantitative estimate of drug-likeness (QED) is 0.803. The van der Waals surface area contributed by atoms with Crippen molar-refractivity contribution in [3.05, 3.63) is 40.2 Å². The van der Waals surface area contributed by atoms with Gasteiger partial charge in [-0.15, -0.1) is 0 Å². The molecule has 2 aromatic rings. The van der Waals surface area contributed by atoms with E-state index in [4.69, 9.17) is 5.73 Å². The van der Waals surface area contributed by atoms with Gasteiger partial charge in [0.2, 0.25) is 0 Å². The zero-order chi connectivity index (χ0) is 17.3. The SMILES string of the molecule is Cc1c(Br)c(N)nn1C(C=O)N1CCN(c2ccc(F)cc2)CC1. The number of aromatic nitrogens is 2. The van der Waals surface area contributed by atoms with E-state index >= 15 is 0 Å². The fraction of sp³-hybridized carbons (Fsp3) is 0.375. The Morgan fingerprint density at radius 1 is 1.25 bits per heavy atom. The molecule has 1 atom stereocenters. The van der Waals surface area contributed by atoms with Gasteiger partial charge in [0.1, 0.15) is 5.82 Å². The number of anilines is 2. The van der Waals surface area contributed by atoms with E-state index in [9.17, 15) is 9.18 Å². The number of halogens is 2. The van der Waals surface area contributed by atoms with Crippen LogP contribution in [-0.2, 0) is 4.79 Å². The summed E-state index contributed by atoms with van der Waals surface area (Å²) < 4.78 is 15.4. The summed E-state index contributed by atoms with van der Waals surface area (Å²) in [5, 5.41) is 4.26. The third kappa shape index (κ3) is 3.16. The second kappa shape index (κ2) is 6.90. The van der Waals surface area contributed by atoms with E-state index < -0.39 is 6.17 Å². The van der Waals surface area contributed by atoms with Crippen molar-refractivity contribution in [3.63, 3.8) is 0 Å². The summed E-state index contributed by atoms with van der Waals surface area (Å²) in [5.74, 6) is 0.139. The summed E-state index contributed by atoms with van der Waals surface area (Å²) in [7, 11) is 0. The Bertz CT molecular complexity index is 725. The van der Waals surface area contributed by atoms with E-state index in [1.54, 1.807) is 16.8 Å². The van der Waals surface area contributed by atoms with E-state index in [1.807, 2.05) is 6.92 Å². The minimum Gasteiger partial charge on any atom is -0.381 e. The van der Waals surface area contributed by atoms with Crippen molar-refractivity contribution < 1.29 is 9.18 Å². The van der Waals surface area contributed by atoms with Gasteiger partial charge in [-0.3, -0.25) is 9.69 Å². The predicted molar refractivity (Wildman–Crippen MR) is 94.4 cm³/mol. The van der Waals surface area contributed by atoms with Gasteiger partial charge < -0.3 is 10.6 Å². The molecule has 0 aliphatic carbocycles. The number of benzene rings is 1. The van der Waals surface area contributed by atoms with Crippen molar-refractivity contribution in [3.8, 4) is 0 Å². The normalized spacial score (nSPS) is 17.0. The summed E-state index contributed by atoms with van der Waals surface area (Å²) >= 11 is 3.39. The van der Waals surface area contributed by atoms with E-state index in [2.05, 4.69) is 30.8 Å². The van der Waals surface area contributed by atoms with Crippen LogP contribution >= 0.6 is 15.9 Å². The smallest absolute Gasteiger partial charge is 0.160 e. The Labute approximate surface area is 148 Å². The first-order chi connectivity index (χ1) is 11.5. The third-order valence-electron chi connectivity index (χ3n) is 4.35. The molecule has 0 bridgehead atoms. The van der Waals surface area contributed by atoms with Gasteiger partial charge in [-0.25, -0.2) is 9.07 Å². The Morgan fingerprint density at radius 2 is 1.88 bits per heavy atom. The molecule has 24 heavy (non-hydrogen) atoms. The lowest BCUT2D eigenvalue weighted by atomic mass is 10.2. The number of carbonyl (C=O) groups is 1. The van der Waals surface area contributed by atoms with Crippen LogP contribution in [0.2, 0.25) is 0 Å². The van der Waals surface area contributed by atoms with E-state index in [1.165, 1.54) is 12.1 Å². The highest BCUT2D eigenvalue weighted by Crippen LogP contribution is 2.27. The molecule has 3 rings (SSSR count). The van der Waals surface area contributed by atoms with Crippen LogP contribution in [-0.4, -0.2) is 47.1 Å². The second-order valence-corrected chi connectivity index (χ2v) is 6.57. The standard InChI is InChI=1S/C16H19BrFN5O/c1-11-15(17)16(19)20-23(11)14(10-24)22-8-6-21(7-9-22)13-4-2-12(18)3-5-13/h2-5,10,14H,6-9H2,1H3,(H2,19,20). The zero-order valence-corrected chi connectivity index (χ0v) is 14.9. The Kier molecular flexibility index (Phi) is 4.86. The molecule has 1 aromatic carbocycles. The first-order valence-electron chi connectivity index (χ1n) is 7.71. The molecule has 1 aliphatic rings. The molecule has 2 heterocycles. The number of hydrogen-bond acceptors (Lipinski definition) is 5. The van der Waals surface area contributed by atoms with Crippen molar-refractivity contribution >= 4 is 33.7 Å². The molecule has 0 saturated carbocycles. The van der Waals surface area contributed by atoms with Gasteiger partial charge in [0.15, 0.2) is 18.3 Å². The predicted octanol–water partition coefficient (Wildman–Crippen LogP) is 2.20. The summed E-state index contributed by atoms with van der Waals surface area (Å²) in [5.41, 5.74) is 7.63. The molecular weight excluding hydrogens is 377 g/mol. The molecule has 128 valence electrons. The van der Waals surface area contributed by atoms with Crippen LogP contribution in [0.15, 0.2) is 28.7 Å². The highest BCUT2D eigenvalue weighted by Gasteiger charge is 2.27. The molecule has 6 nitrogen and oxygen atoms in total. The number of carbonyl (C=O) groups excluding carboxylic acids is 1. The number of nitrogen functional groups attached to an aromatic ring is 1. The molecule has 1 aromatic heterocycles. The lowest BCUT2D eigenvalue weighted by Gasteiger charge is -2.38. The van der Waals surface area contributed by atoms with E-state index in [0.29, 0.717) is 18.9 Å². The number of nitrogens with two attached hydrogens (primary N) is 1. The molecule has 2 N–H and O–H groups in total. The van der Waals surface area contributed by atoms with Crippen molar-refractivity contribution in [1.29, 1.82) is 0 Å². The lowest BCUT2D eigenvalue weighted by molar-refractivity contribution is -0.116. The van der Waals surface area contributed by atoms with Crippen molar-refractivity contribution in [2.24, 2.45) is 0 Å². The van der Waals surface area contributed by atoms with Gasteiger partial charge in [-0.1, -0.05) is 0 Å². The van der Waals surface area contributed by atoms with E-state index in [-0.39, 0.29) is 5.82 Å². The van der Waals surface area contributed by atoms with Gasteiger partial charge in [0.05, 0.1) is 10.2 Å². The third-order valence-corrected chi connectivity index (χ3v) is 5.33. The topological polar surface area (TPSA) is 67.4 Å². The van der Waals surface area contributed by atoms with Crippen LogP contribution in [0.4, 0.5) is 15.9 Å². The van der Waals surface area contributed by atoms with Crippen LogP contribution in [0.5, 0.6) is 0 Å². The maximum atomic E-state index is 13.0. The molecule has 0 radical (unpaired) electrons. The summed E-state index contributed by atoms with van der Waals surface area (Å²) in [6, 6.07) is 6.47. The lowest BCUT2D eigenvalue weighted by Crippen LogP contribution is -2.49. The molecular formula is C16H19BrFN5O. The number of hydrogen-bond donors (Lipinski definition) is 1. The van der Waals surface area contributed by atoms with Gasteiger partial charge in [-0.05, 0) is 47.1 Å². The highest BCUT2D eigenvalue weighted by atomic mass is 79.9. The van der Waals surface area contributed by atoms with Crippen LogP contribution in [0.25, 0.3) is 0 Å². The Hall–Kier alpha value is -1.93. The Balaban J connectivity index is 1.71. The Morgan fingerprint density at radius 3 is 2.38 bits per heavy atom. The number of aldehydes is 1. The molecule has 8 heteroatoms. The minimum absolute atomic E-state index is 0.240. The number of piperazine rings is 1. The molecule has 1 saturated heterocycles. The average Bonchev–Trinajstić information content (AvgIpc) is 2.85. The molecule has 0 spiro atoms. The van der Waals surface area contributed by atoms with Gasteiger partial charge in [-0.2, -0.15) is 5.10 Å². The number of rotatable bonds is 4. The first-order valence-corrected chi connectivity index (χ1v) is 8.50. The van der Waals surface area contributed by atoms with Gasteiger partial charge in [0.25, 0.3) is 0 Å². The summed E-state index contributed by atoms with van der Waals surface area (Å²) in [4.78, 5) is 15.9. The van der Waals surface area contributed by atoms with Crippen LogP contribution in [0, 0.1) is 12.7 Å². The summed E-state index contributed by atoms with van der Waals surface area (Å²) in [6.45, 7) is 4.80. The van der Waals surface area contributed by atoms with Crippen molar-refractivity contribution in [2.45, 2.75) is 13.1 Å². The number of nitrogens with zero attached hydrogens (tertiary/aromatic N) is 4. The monoisotopic (exact) mass is 395 g/mol. The van der Waals surface area contributed by atoms with Crippen LogP contribution in [0.3, 0.4) is 0 Å². The van der Waals surface area contributed by atoms with Crippen molar-refractivity contribution in [2.75, 3.05) is 36.8 Å². The van der Waals surface area contributed by atoms with Crippen LogP contribution in [0.1, 0.15) is 11.9 Å². The highest BCUT2D eigenvalue weighted by molar-refractivity contribution is 9.10. The summed E-state index contributed by atoms with van der Waals surface area (Å²) in [6.07, 6.45) is 0.411. The fourth-order valence-electron chi connectivity index (χ4n) is 2.97. The molecule has 1 aliphatic heterocycles. The first kappa shape index (κ1) is 16.9. The molecule has 1 unspecified atom stereocenters. The van der Waals surface area contributed by atoms with Crippen molar-refractivity contribution in [1.82, 2.24) is 14.7 Å². The molecule has 1 fully saturated rings. The maximum Gasteiger partial charge on any atom is 0.160 e. The average molecular weight is 396 g/mol.